The van der Waals surface area contributed by atoms with Gasteiger partial charge in [0.15, 0.2) is 0 Å². The third kappa shape index (κ3) is 3.81. The second kappa shape index (κ2) is 9.90. The van der Waals surface area contributed by atoms with Crippen molar-refractivity contribution >= 4 is 76.4 Å². The largest absolute Gasteiger partial charge is 0.343 e. The minimum atomic E-state index is -0.0434. The molecule has 0 spiro atoms. The molecule has 0 fully saturated rings. The number of hydrogen-bond acceptors (Lipinski definition) is 3. The summed E-state index contributed by atoms with van der Waals surface area (Å²) in [5, 5.41) is 12.6. The van der Waals surface area contributed by atoms with Crippen molar-refractivity contribution in [2.45, 2.75) is 6.04 Å². The number of nitrogens with zero attached hydrogens (tertiary/aromatic N) is 2. The molecule has 1 aliphatic rings. The molecule has 9 aromatic rings. The van der Waals surface area contributed by atoms with Gasteiger partial charge in [0.1, 0.15) is 0 Å². The fraction of sp³-hybridized carbons (Fsp3) is 0.0238. The highest BCUT2D eigenvalue weighted by Crippen LogP contribution is 2.46. The number of fused-ring (bicyclic) bond motifs is 9. The van der Waals surface area contributed by atoms with E-state index in [4.69, 9.17) is 4.99 Å². The van der Waals surface area contributed by atoms with Crippen LogP contribution >= 0.6 is 11.3 Å². The molecular weight excluding hydrogens is 579 g/mol. The van der Waals surface area contributed by atoms with Gasteiger partial charge in [0.2, 0.25) is 5.96 Å². The van der Waals surface area contributed by atoms with Crippen molar-refractivity contribution in [3.8, 4) is 11.1 Å². The van der Waals surface area contributed by atoms with E-state index in [0.29, 0.717) is 0 Å². The Labute approximate surface area is 269 Å². The van der Waals surface area contributed by atoms with E-state index in [-0.39, 0.29) is 6.04 Å². The molecule has 10 rings (SSSR count). The summed E-state index contributed by atoms with van der Waals surface area (Å²) in [7, 11) is 0. The van der Waals surface area contributed by atoms with E-state index in [1.54, 1.807) is 0 Å². The van der Waals surface area contributed by atoms with E-state index in [1.807, 2.05) is 11.3 Å². The third-order valence-electron chi connectivity index (χ3n) is 9.43. The second-order valence-electron chi connectivity index (χ2n) is 12.0. The maximum absolute atomic E-state index is 5.46. The zero-order valence-corrected chi connectivity index (χ0v) is 25.6. The third-order valence-corrected chi connectivity index (χ3v) is 10.7. The van der Waals surface area contributed by atoms with Gasteiger partial charge in [-0.25, -0.2) is 4.99 Å². The lowest BCUT2D eigenvalue weighted by atomic mass is 9.98. The zero-order valence-electron chi connectivity index (χ0n) is 24.8. The van der Waals surface area contributed by atoms with Gasteiger partial charge in [-0.15, -0.1) is 11.3 Å². The normalized spacial score (nSPS) is 14.6. The summed E-state index contributed by atoms with van der Waals surface area (Å²) in [4.78, 5) is 6.70. The first-order chi connectivity index (χ1) is 22.8. The number of nitrogens with one attached hydrogen (secondary N) is 1. The molecule has 2 aromatic heterocycles. The maximum atomic E-state index is 5.46. The minimum absolute atomic E-state index is 0.0434. The van der Waals surface area contributed by atoms with E-state index in [1.165, 1.54) is 64.0 Å². The van der Waals surface area contributed by atoms with Crippen LogP contribution in [0, 0.1) is 0 Å². The second-order valence-corrected chi connectivity index (χ2v) is 13.1. The Morgan fingerprint density at radius 2 is 1.22 bits per heavy atom. The molecular formula is C42H27N3S. The fourth-order valence-electron chi connectivity index (χ4n) is 7.24. The summed E-state index contributed by atoms with van der Waals surface area (Å²) in [5.41, 5.74) is 7.01. The molecule has 0 bridgehead atoms. The van der Waals surface area contributed by atoms with Gasteiger partial charge >= 0.3 is 0 Å². The number of hydrogen-bond donors (Lipinski definition) is 1. The van der Waals surface area contributed by atoms with E-state index in [2.05, 4.69) is 162 Å². The minimum Gasteiger partial charge on any atom is -0.343 e. The lowest BCUT2D eigenvalue weighted by Gasteiger charge is -2.27. The standard InChI is InChI=1S/C42H27N3S/c1-2-10-26(11-3-1)27-18-20-29(21-19-27)39-41-40(33-16-8-9-17-37(33)46-41)44-42(43-39)45-35-23-22-28-12-6-7-15-32(28)38(35)34-24-30-13-4-5-14-31(30)25-36(34)45/h1-25,39H,(H,43,44). The van der Waals surface area contributed by atoms with Gasteiger partial charge in [-0.2, -0.15) is 0 Å². The summed E-state index contributed by atoms with van der Waals surface area (Å²) in [5.74, 6) is 0.846. The molecule has 0 aliphatic carbocycles. The molecule has 3 heterocycles. The van der Waals surface area contributed by atoms with Crippen LogP contribution in [-0.4, -0.2) is 10.5 Å². The molecule has 1 N–H and O–H groups in total. The predicted octanol–water partition coefficient (Wildman–Crippen LogP) is 11.2. The Hall–Kier alpha value is -5.71. The molecule has 0 saturated heterocycles. The molecule has 0 amide bonds. The molecule has 1 atom stereocenters. The zero-order chi connectivity index (χ0) is 30.2. The lowest BCUT2D eigenvalue weighted by molar-refractivity contribution is 0.747. The molecule has 0 radical (unpaired) electrons. The van der Waals surface area contributed by atoms with Crippen LogP contribution in [0.15, 0.2) is 157 Å². The van der Waals surface area contributed by atoms with E-state index in [9.17, 15) is 0 Å². The lowest BCUT2D eigenvalue weighted by Crippen LogP contribution is -2.36. The van der Waals surface area contributed by atoms with Crippen LogP contribution in [0.3, 0.4) is 0 Å². The summed E-state index contributed by atoms with van der Waals surface area (Å²) < 4.78 is 3.61. The molecule has 46 heavy (non-hydrogen) atoms. The molecule has 4 heteroatoms. The number of thiophene rings is 1. The molecule has 1 unspecified atom stereocenters. The SMILES string of the molecule is c1ccc(-c2ccc(C3NC(n4c5cc6ccccc6cc5c5c6ccccc6ccc54)=Nc4c3sc3ccccc43)cc2)cc1. The summed E-state index contributed by atoms with van der Waals surface area (Å²) in [6.45, 7) is 0. The first kappa shape index (κ1) is 25.6. The Kier molecular flexibility index (Phi) is 5.51. The monoisotopic (exact) mass is 605 g/mol. The highest BCUT2D eigenvalue weighted by atomic mass is 32.1. The number of aliphatic imine (C=N–C) groups is 1. The Balaban J connectivity index is 1.24. The fourth-order valence-corrected chi connectivity index (χ4v) is 8.47. The molecule has 7 aromatic carbocycles. The number of rotatable bonds is 2. The molecule has 216 valence electrons. The molecule has 0 saturated carbocycles. The van der Waals surface area contributed by atoms with Gasteiger partial charge in [-0.1, -0.05) is 127 Å². The van der Waals surface area contributed by atoms with Gasteiger partial charge in [0.05, 0.1) is 27.6 Å². The summed E-state index contributed by atoms with van der Waals surface area (Å²) >= 11 is 1.83. The predicted molar refractivity (Wildman–Crippen MR) is 196 cm³/mol. The average molecular weight is 606 g/mol. The molecule has 1 aliphatic heterocycles. The van der Waals surface area contributed by atoms with Crippen molar-refractivity contribution in [2.24, 2.45) is 4.99 Å². The van der Waals surface area contributed by atoms with Crippen LogP contribution in [0.1, 0.15) is 16.5 Å². The number of benzene rings is 7. The van der Waals surface area contributed by atoms with E-state index >= 15 is 0 Å². The Morgan fingerprint density at radius 3 is 2.04 bits per heavy atom. The van der Waals surface area contributed by atoms with Crippen LogP contribution in [0.2, 0.25) is 0 Å². The van der Waals surface area contributed by atoms with Crippen LogP contribution in [-0.2, 0) is 0 Å². The van der Waals surface area contributed by atoms with Crippen molar-refractivity contribution in [2.75, 3.05) is 0 Å². The van der Waals surface area contributed by atoms with Crippen molar-refractivity contribution in [1.82, 2.24) is 9.88 Å². The van der Waals surface area contributed by atoms with Crippen molar-refractivity contribution < 1.29 is 0 Å². The Morgan fingerprint density at radius 1 is 0.543 bits per heavy atom. The first-order valence-electron chi connectivity index (χ1n) is 15.7. The van der Waals surface area contributed by atoms with Crippen LogP contribution < -0.4 is 5.32 Å². The van der Waals surface area contributed by atoms with Gasteiger partial charge < -0.3 is 5.32 Å². The highest BCUT2D eigenvalue weighted by molar-refractivity contribution is 7.19. The molecule has 3 nitrogen and oxygen atoms in total. The van der Waals surface area contributed by atoms with Crippen molar-refractivity contribution in [1.29, 1.82) is 0 Å². The van der Waals surface area contributed by atoms with Crippen molar-refractivity contribution in [3.63, 3.8) is 0 Å². The maximum Gasteiger partial charge on any atom is 0.209 e. The summed E-state index contributed by atoms with van der Waals surface area (Å²) in [6, 6.07) is 54.7. The van der Waals surface area contributed by atoms with Crippen LogP contribution in [0.5, 0.6) is 0 Å². The van der Waals surface area contributed by atoms with Gasteiger partial charge in [-0.3, -0.25) is 4.57 Å². The van der Waals surface area contributed by atoms with E-state index < -0.39 is 0 Å². The van der Waals surface area contributed by atoms with Crippen molar-refractivity contribution in [3.05, 3.63) is 162 Å². The highest BCUT2D eigenvalue weighted by Gasteiger charge is 2.30. The average Bonchev–Trinajstić information content (AvgIpc) is 3.66. The first-order valence-corrected chi connectivity index (χ1v) is 16.5. The van der Waals surface area contributed by atoms with Gasteiger partial charge in [0, 0.05) is 20.9 Å². The topological polar surface area (TPSA) is 29.3 Å². The smallest absolute Gasteiger partial charge is 0.209 e. The van der Waals surface area contributed by atoms with Crippen LogP contribution in [0.4, 0.5) is 5.69 Å². The quantitative estimate of drug-likeness (QED) is 0.209. The van der Waals surface area contributed by atoms with Crippen LogP contribution in [0.25, 0.3) is 64.6 Å². The summed E-state index contributed by atoms with van der Waals surface area (Å²) in [6.07, 6.45) is 0. The van der Waals surface area contributed by atoms with Gasteiger partial charge in [-0.05, 0) is 62.5 Å². The number of aromatic nitrogens is 1. The van der Waals surface area contributed by atoms with Gasteiger partial charge in [0.25, 0.3) is 0 Å². The Bertz CT molecular complexity index is 2660. The van der Waals surface area contributed by atoms with E-state index in [0.717, 1.165) is 22.7 Å².